The predicted octanol–water partition coefficient (Wildman–Crippen LogP) is 4.60. The molecule has 0 bridgehead atoms. The first kappa shape index (κ1) is 16.1. The van der Waals surface area contributed by atoms with Crippen LogP contribution in [0.4, 0.5) is 5.69 Å². The highest BCUT2D eigenvalue weighted by atomic mass is 35.5. The third-order valence-electron chi connectivity index (χ3n) is 4.25. The number of amides is 1. The third kappa shape index (κ3) is 3.16. The molecule has 1 aromatic carbocycles. The van der Waals surface area contributed by atoms with Gasteiger partial charge >= 0.3 is 5.97 Å². The lowest BCUT2D eigenvalue weighted by Gasteiger charge is -2.26. The van der Waals surface area contributed by atoms with Crippen molar-refractivity contribution in [2.45, 2.75) is 39.0 Å². The van der Waals surface area contributed by atoms with Gasteiger partial charge in [-0.1, -0.05) is 43.0 Å². The van der Waals surface area contributed by atoms with Gasteiger partial charge in [0.05, 0.1) is 21.3 Å². The van der Waals surface area contributed by atoms with Crippen LogP contribution in [0.2, 0.25) is 10.0 Å². The molecular weight excluding hydrogens is 313 g/mol. The van der Waals surface area contributed by atoms with E-state index in [2.05, 4.69) is 5.32 Å². The van der Waals surface area contributed by atoms with Gasteiger partial charge < -0.3 is 10.4 Å². The van der Waals surface area contributed by atoms with E-state index in [0.29, 0.717) is 0 Å². The highest BCUT2D eigenvalue weighted by Crippen LogP contribution is 2.43. The van der Waals surface area contributed by atoms with Gasteiger partial charge in [0.1, 0.15) is 0 Å². The molecule has 0 spiro atoms. The van der Waals surface area contributed by atoms with Crippen molar-refractivity contribution in [3.05, 3.63) is 27.7 Å². The Morgan fingerprint density at radius 2 is 1.76 bits per heavy atom. The SMILES string of the molecule is CCC1(C(=O)Nc2c(Cl)cc(C(=O)O)cc2Cl)CCCC1. The van der Waals surface area contributed by atoms with Crippen molar-refractivity contribution in [3.8, 4) is 0 Å². The lowest BCUT2D eigenvalue weighted by atomic mass is 9.82. The fourth-order valence-corrected chi connectivity index (χ4v) is 3.44. The summed E-state index contributed by atoms with van der Waals surface area (Å²) in [5.74, 6) is -1.20. The van der Waals surface area contributed by atoms with E-state index in [-0.39, 0.29) is 32.6 Å². The Balaban J connectivity index is 2.27. The van der Waals surface area contributed by atoms with Crippen molar-refractivity contribution < 1.29 is 14.7 Å². The quantitative estimate of drug-likeness (QED) is 0.848. The zero-order chi connectivity index (χ0) is 15.6. The van der Waals surface area contributed by atoms with Gasteiger partial charge in [-0.2, -0.15) is 0 Å². The summed E-state index contributed by atoms with van der Waals surface area (Å²) < 4.78 is 0. The predicted molar refractivity (Wildman–Crippen MR) is 83.2 cm³/mol. The van der Waals surface area contributed by atoms with Crippen molar-refractivity contribution >= 4 is 40.8 Å². The number of anilines is 1. The number of rotatable bonds is 4. The summed E-state index contributed by atoms with van der Waals surface area (Å²) in [4.78, 5) is 23.5. The molecule has 1 aliphatic rings. The first-order valence-electron chi connectivity index (χ1n) is 6.93. The molecule has 0 aromatic heterocycles. The molecule has 21 heavy (non-hydrogen) atoms. The minimum absolute atomic E-state index is 0.00549. The van der Waals surface area contributed by atoms with E-state index in [1.165, 1.54) is 12.1 Å². The number of hydrogen-bond donors (Lipinski definition) is 2. The van der Waals surface area contributed by atoms with Crippen LogP contribution in [0.25, 0.3) is 0 Å². The van der Waals surface area contributed by atoms with Crippen LogP contribution in [0.3, 0.4) is 0 Å². The van der Waals surface area contributed by atoms with Crippen LogP contribution in [0.1, 0.15) is 49.4 Å². The van der Waals surface area contributed by atoms with E-state index >= 15 is 0 Å². The van der Waals surface area contributed by atoms with E-state index in [0.717, 1.165) is 32.1 Å². The van der Waals surface area contributed by atoms with Crippen LogP contribution in [-0.4, -0.2) is 17.0 Å². The molecule has 114 valence electrons. The smallest absolute Gasteiger partial charge is 0.335 e. The Morgan fingerprint density at radius 3 is 2.19 bits per heavy atom. The van der Waals surface area contributed by atoms with Gasteiger partial charge in [0.15, 0.2) is 0 Å². The third-order valence-corrected chi connectivity index (χ3v) is 4.84. The summed E-state index contributed by atoms with van der Waals surface area (Å²) in [6.45, 7) is 2.00. The molecule has 0 unspecified atom stereocenters. The summed E-state index contributed by atoms with van der Waals surface area (Å²) in [6, 6.07) is 2.58. The summed E-state index contributed by atoms with van der Waals surface area (Å²) in [5, 5.41) is 12.0. The largest absolute Gasteiger partial charge is 0.478 e. The monoisotopic (exact) mass is 329 g/mol. The number of benzene rings is 1. The lowest BCUT2D eigenvalue weighted by molar-refractivity contribution is -0.125. The maximum atomic E-state index is 12.5. The number of carbonyl (C=O) groups excluding carboxylic acids is 1. The highest BCUT2D eigenvalue weighted by Gasteiger charge is 2.39. The molecule has 1 aliphatic carbocycles. The Kier molecular flexibility index (Phi) is 4.79. The van der Waals surface area contributed by atoms with E-state index in [1.54, 1.807) is 0 Å². The topological polar surface area (TPSA) is 66.4 Å². The van der Waals surface area contributed by atoms with Crippen molar-refractivity contribution in [1.29, 1.82) is 0 Å². The van der Waals surface area contributed by atoms with Crippen LogP contribution in [-0.2, 0) is 4.79 Å². The molecule has 1 amide bonds. The molecule has 4 nitrogen and oxygen atoms in total. The molecule has 2 N–H and O–H groups in total. The first-order chi connectivity index (χ1) is 9.89. The molecule has 2 rings (SSSR count). The fraction of sp³-hybridized carbons (Fsp3) is 0.467. The molecule has 1 fully saturated rings. The van der Waals surface area contributed by atoms with Gasteiger partial charge in [0.2, 0.25) is 5.91 Å². The molecule has 6 heteroatoms. The zero-order valence-corrected chi connectivity index (χ0v) is 13.2. The van der Waals surface area contributed by atoms with Crippen LogP contribution in [0.5, 0.6) is 0 Å². The second-order valence-corrected chi connectivity index (χ2v) is 6.23. The van der Waals surface area contributed by atoms with E-state index < -0.39 is 5.97 Å². The summed E-state index contributed by atoms with van der Waals surface area (Å²) in [6.07, 6.45) is 4.57. The number of carboxylic acids is 1. The summed E-state index contributed by atoms with van der Waals surface area (Å²) in [7, 11) is 0. The Bertz CT molecular complexity index is 557. The Labute approximate surface area is 133 Å². The summed E-state index contributed by atoms with van der Waals surface area (Å²) in [5.41, 5.74) is -0.0832. The number of halogens is 2. The zero-order valence-electron chi connectivity index (χ0n) is 11.7. The maximum Gasteiger partial charge on any atom is 0.335 e. The first-order valence-corrected chi connectivity index (χ1v) is 7.69. The number of aromatic carboxylic acids is 1. The molecule has 1 saturated carbocycles. The fourth-order valence-electron chi connectivity index (χ4n) is 2.86. The lowest BCUT2D eigenvalue weighted by Crippen LogP contribution is -2.33. The number of carbonyl (C=O) groups is 2. The van der Waals surface area contributed by atoms with E-state index in [9.17, 15) is 9.59 Å². The van der Waals surface area contributed by atoms with Gasteiger partial charge in [-0.3, -0.25) is 4.79 Å². The van der Waals surface area contributed by atoms with Gasteiger partial charge in [-0.05, 0) is 31.4 Å². The number of carboxylic acid groups (broad SMARTS) is 1. The highest BCUT2D eigenvalue weighted by molar-refractivity contribution is 6.40. The van der Waals surface area contributed by atoms with Gasteiger partial charge in [-0.15, -0.1) is 0 Å². The van der Waals surface area contributed by atoms with Crippen LogP contribution < -0.4 is 5.32 Å². The van der Waals surface area contributed by atoms with Gasteiger partial charge in [0.25, 0.3) is 0 Å². The second-order valence-electron chi connectivity index (χ2n) is 5.42. The van der Waals surface area contributed by atoms with E-state index in [4.69, 9.17) is 28.3 Å². The van der Waals surface area contributed by atoms with Crippen molar-refractivity contribution in [2.75, 3.05) is 5.32 Å². The average Bonchev–Trinajstić information content (AvgIpc) is 2.92. The van der Waals surface area contributed by atoms with Crippen LogP contribution >= 0.6 is 23.2 Å². The number of nitrogens with one attached hydrogen (secondary N) is 1. The minimum Gasteiger partial charge on any atom is -0.478 e. The van der Waals surface area contributed by atoms with Crippen molar-refractivity contribution in [3.63, 3.8) is 0 Å². The number of hydrogen-bond acceptors (Lipinski definition) is 2. The van der Waals surface area contributed by atoms with Crippen molar-refractivity contribution in [2.24, 2.45) is 5.41 Å². The Morgan fingerprint density at radius 1 is 1.24 bits per heavy atom. The molecular formula is C15H17Cl2NO3. The molecule has 0 heterocycles. The second kappa shape index (κ2) is 6.24. The summed E-state index contributed by atoms with van der Waals surface area (Å²) >= 11 is 12.1. The molecule has 0 saturated heterocycles. The molecule has 1 aromatic rings. The van der Waals surface area contributed by atoms with Crippen LogP contribution in [0, 0.1) is 5.41 Å². The molecule has 0 aliphatic heterocycles. The maximum absolute atomic E-state index is 12.5. The molecule has 0 radical (unpaired) electrons. The van der Waals surface area contributed by atoms with Gasteiger partial charge in [0, 0.05) is 5.41 Å². The normalized spacial score (nSPS) is 16.7. The standard InChI is InChI=1S/C15H17Cl2NO3/c1-2-15(5-3-4-6-15)14(21)18-12-10(16)7-9(13(19)20)8-11(12)17/h7-8H,2-6H2,1H3,(H,18,21)(H,19,20). The Hall–Kier alpha value is -1.26. The van der Waals surface area contributed by atoms with E-state index in [1.807, 2.05) is 6.92 Å². The van der Waals surface area contributed by atoms with Crippen molar-refractivity contribution in [1.82, 2.24) is 0 Å². The molecule has 0 atom stereocenters. The average molecular weight is 330 g/mol. The minimum atomic E-state index is -1.11. The van der Waals surface area contributed by atoms with Gasteiger partial charge in [-0.25, -0.2) is 4.79 Å². The van der Waals surface area contributed by atoms with Crippen LogP contribution in [0.15, 0.2) is 12.1 Å².